The van der Waals surface area contributed by atoms with Crippen LogP contribution >= 0.6 is 10.8 Å². The number of carbonyl (C=O) groups excluding carboxylic acids is 1. The normalized spacial score (nSPS) is 18.5. The molecule has 0 bridgehead atoms. The molecule has 2 atom stereocenters. The molecule has 3 rings (SSSR count). The minimum Gasteiger partial charge on any atom is -0.390 e. The topological polar surface area (TPSA) is 131 Å². The molecule has 32 heavy (non-hydrogen) atoms. The van der Waals surface area contributed by atoms with E-state index in [2.05, 4.69) is 10.6 Å². The third-order valence-corrected chi connectivity index (χ3v) is 7.49. The number of nitrogens with zero attached hydrogens (tertiary/aromatic N) is 1. The van der Waals surface area contributed by atoms with Crippen molar-refractivity contribution >= 4 is 28.1 Å². The lowest BCUT2D eigenvalue weighted by Crippen LogP contribution is -2.47. The maximum absolute atomic E-state index is 13.2. The highest BCUT2D eigenvalue weighted by Crippen LogP contribution is 2.50. The maximum atomic E-state index is 13.2. The molecule has 1 saturated heterocycles. The maximum Gasteiger partial charge on any atom is 0.251 e. The van der Waals surface area contributed by atoms with Gasteiger partial charge in [-0.2, -0.15) is 0 Å². The number of hydrogen-bond donors (Lipinski definition) is 6. The number of carbonyl (C=O) groups is 1. The minimum absolute atomic E-state index is 0.0230. The molecule has 2 aromatic carbocycles. The molecule has 1 aliphatic heterocycles. The van der Waals surface area contributed by atoms with Crippen LogP contribution in [0.4, 0.5) is 11.4 Å². The molecule has 1 amide bonds. The molecule has 1 fully saturated rings. The number of benzene rings is 2. The van der Waals surface area contributed by atoms with Crippen LogP contribution in [0, 0.1) is 0 Å². The van der Waals surface area contributed by atoms with Gasteiger partial charge in [-0.15, -0.1) is 10.8 Å². The van der Waals surface area contributed by atoms with Crippen molar-refractivity contribution in [3.63, 3.8) is 0 Å². The van der Waals surface area contributed by atoms with Crippen LogP contribution in [0.5, 0.6) is 0 Å². The highest BCUT2D eigenvalue weighted by atomic mass is 32.3. The summed E-state index contributed by atoms with van der Waals surface area (Å²) < 4.78 is 22.7. The van der Waals surface area contributed by atoms with E-state index in [4.69, 9.17) is 5.73 Å². The van der Waals surface area contributed by atoms with Gasteiger partial charge in [0, 0.05) is 30.9 Å². The van der Waals surface area contributed by atoms with Crippen molar-refractivity contribution in [2.45, 2.75) is 38.3 Å². The van der Waals surface area contributed by atoms with Crippen LogP contribution in [0.15, 0.2) is 48.5 Å². The van der Waals surface area contributed by atoms with E-state index in [-0.39, 0.29) is 12.5 Å². The molecule has 0 aliphatic carbocycles. The van der Waals surface area contributed by atoms with Crippen LogP contribution < -0.4 is 20.7 Å². The summed E-state index contributed by atoms with van der Waals surface area (Å²) >= 11 is 0. The second-order valence-electron chi connectivity index (χ2n) is 8.02. The highest BCUT2D eigenvalue weighted by Gasteiger charge is 2.28. The van der Waals surface area contributed by atoms with Gasteiger partial charge in [0.1, 0.15) is 0 Å². The molecule has 0 radical (unpaired) electrons. The molecule has 0 unspecified atom stereocenters. The molecule has 0 aromatic heterocycles. The quantitative estimate of drug-likeness (QED) is 0.338. The smallest absolute Gasteiger partial charge is 0.251 e. The average molecular weight is 463 g/mol. The number of rotatable bonds is 9. The van der Waals surface area contributed by atoms with Crippen molar-refractivity contribution in [3.8, 4) is 0 Å². The summed E-state index contributed by atoms with van der Waals surface area (Å²) in [7, 11) is -2.91. The number of aliphatic hydroxyl groups excluding tert-OH is 1. The first-order valence-corrected chi connectivity index (χ1v) is 12.7. The van der Waals surface area contributed by atoms with Gasteiger partial charge < -0.3 is 21.5 Å². The summed E-state index contributed by atoms with van der Waals surface area (Å²) in [4.78, 5) is 13.2. The van der Waals surface area contributed by atoms with E-state index in [0.717, 1.165) is 24.1 Å². The SMILES string of the molecule is CCNc1cc(C(=O)N[C@@H](Cc2ccccc2)[C@H](O)CN)cc(N2CCCCS2(O)O)c1. The fourth-order valence-corrected chi connectivity index (χ4v) is 5.54. The molecular formula is C23H34N4O4S. The number of amides is 1. The second kappa shape index (κ2) is 11.0. The highest BCUT2D eigenvalue weighted by molar-refractivity contribution is 8.25. The molecule has 1 aliphatic rings. The Morgan fingerprint density at radius 2 is 1.94 bits per heavy atom. The van der Waals surface area contributed by atoms with Crippen molar-refractivity contribution in [2.75, 3.05) is 35.0 Å². The molecule has 176 valence electrons. The molecule has 2 aromatic rings. The van der Waals surface area contributed by atoms with Crippen molar-refractivity contribution in [2.24, 2.45) is 5.73 Å². The van der Waals surface area contributed by atoms with Crippen LogP contribution in [0.1, 0.15) is 35.7 Å². The molecule has 8 nitrogen and oxygen atoms in total. The lowest BCUT2D eigenvalue weighted by atomic mass is 10.0. The van der Waals surface area contributed by atoms with Gasteiger partial charge in [0.25, 0.3) is 5.91 Å². The Kier molecular flexibility index (Phi) is 8.38. The Hall–Kier alpha value is -2.30. The molecular weight excluding hydrogens is 428 g/mol. The monoisotopic (exact) mass is 462 g/mol. The van der Waals surface area contributed by atoms with E-state index in [9.17, 15) is 19.0 Å². The van der Waals surface area contributed by atoms with Crippen LogP contribution in [-0.2, 0) is 6.42 Å². The number of nitrogens with two attached hydrogens (primary N) is 1. The van der Waals surface area contributed by atoms with Crippen LogP contribution in [0.25, 0.3) is 0 Å². The van der Waals surface area contributed by atoms with Crippen molar-refractivity contribution in [1.29, 1.82) is 0 Å². The predicted octanol–water partition coefficient (Wildman–Crippen LogP) is 3.04. The first kappa shape index (κ1) is 24.3. The Morgan fingerprint density at radius 1 is 1.19 bits per heavy atom. The average Bonchev–Trinajstić information content (AvgIpc) is 2.78. The zero-order valence-electron chi connectivity index (χ0n) is 18.4. The summed E-state index contributed by atoms with van der Waals surface area (Å²) in [6, 6.07) is 14.3. The van der Waals surface area contributed by atoms with E-state index in [0.29, 0.717) is 36.5 Å². The van der Waals surface area contributed by atoms with E-state index in [1.807, 2.05) is 43.3 Å². The Labute approximate surface area is 191 Å². The van der Waals surface area contributed by atoms with Gasteiger partial charge in [-0.25, -0.2) is 0 Å². The third-order valence-electron chi connectivity index (χ3n) is 5.55. The number of nitrogens with one attached hydrogen (secondary N) is 2. The largest absolute Gasteiger partial charge is 0.390 e. The molecule has 7 N–H and O–H groups in total. The van der Waals surface area contributed by atoms with Gasteiger partial charge in [-0.05, 0) is 49.9 Å². The third kappa shape index (κ3) is 6.14. The molecule has 0 saturated carbocycles. The zero-order valence-corrected chi connectivity index (χ0v) is 19.2. The van der Waals surface area contributed by atoms with Gasteiger partial charge in [0.15, 0.2) is 0 Å². The minimum atomic E-state index is -2.91. The number of aliphatic hydroxyl groups is 1. The number of anilines is 2. The summed E-state index contributed by atoms with van der Waals surface area (Å²) in [6.07, 6.45) is 1.16. The fourth-order valence-electron chi connectivity index (χ4n) is 3.87. The van der Waals surface area contributed by atoms with Gasteiger partial charge in [-0.3, -0.25) is 18.2 Å². The molecule has 1 heterocycles. The van der Waals surface area contributed by atoms with Crippen LogP contribution in [0.2, 0.25) is 0 Å². The zero-order chi connectivity index (χ0) is 23.1. The number of hydrogen-bond acceptors (Lipinski definition) is 7. The van der Waals surface area contributed by atoms with Crippen molar-refractivity contribution in [1.82, 2.24) is 5.32 Å². The van der Waals surface area contributed by atoms with Gasteiger partial charge >= 0.3 is 0 Å². The van der Waals surface area contributed by atoms with Crippen molar-refractivity contribution < 1.29 is 19.0 Å². The summed E-state index contributed by atoms with van der Waals surface area (Å²) in [5.74, 6) is -0.0325. The summed E-state index contributed by atoms with van der Waals surface area (Å²) in [5.41, 5.74) is 8.35. The summed E-state index contributed by atoms with van der Waals surface area (Å²) in [5, 5.41) is 16.5. The summed E-state index contributed by atoms with van der Waals surface area (Å²) in [6.45, 7) is 3.15. The Bertz CT molecular complexity index is 897. The van der Waals surface area contributed by atoms with E-state index in [1.54, 1.807) is 16.4 Å². The first-order chi connectivity index (χ1) is 15.3. The van der Waals surface area contributed by atoms with Gasteiger partial charge in [-0.1, -0.05) is 30.3 Å². The van der Waals surface area contributed by atoms with Gasteiger partial charge in [0.05, 0.1) is 23.6 Å². The lowest BCUT2D eigenvalue weighted by molar-refractivity contribution is 0.0845. The standard InChI is InChI=1S/C23H34N4O4S/c1-2-25-19-13-18(14-20(15-19)27-10-6-7-11-32(27,30)31)23(29)26-21(22(28)16-24)12-17-8-4-3-5-9-17/h3-5,8-9,13-15,21-22,25,28,30-31H,2,6-7,10-12,16,24H2,1H3,(H,26,29)/t21-,22+/m0/s1. The van der Waals surface area contributed by atoms with Crippen molar-refractivity contribution in [3.05, 3.63) is 59.7 Å². The fraction of sp³-hybridized carbons (Fsp3) is 0.435. The molecule has 9 heteroatoms. The second-order valence-corrected chi connectivity index (χ2v) is 10.1. The van der Waals surface area contributed by atoms with Gasteiger partial charge in [0.2, 0.25) is 0 Å². The lowest BCUT2D eigenvalue weighted by Gasteiger charge is -2.47. The van der Waals surface area contributed by atoms with E-state index >= 15 is 0 Å². The van der Waals surface area contributed by atoms with E-state index in [1.165, 1.54) is 0 Å². The van der Waals surface area contributed by atoms with E-state index < -0.39 is 22.9 Å². The van der Waals surface area contributed by atoms with Crippen LogP contribution in [-0.4, -0.2) is 57.7 Å². The predicted molar refractivity (Wildman–Crippen MR) is 131 cm³/mol. The van der Waals surface area contributed by atoms with Crippen LogP contribution in [0.3, 0.4) is 0 Å². The molecule has 0 spiro atoms. The Balaban J connectivity index is 1.87. The first-order valence-electron chi connectivity index (χ1n) is 11.0. The Morgan fingerprint density at radius 3 is 2.59 bits per heavy atom.